The Labute approximate surface area is 190 Å². The molecule has 2 heterocycles. The van der Waals surface area contributed by atoms with Crippen LogP contribution in [0.4, 0.5) is 5.69 Å². The average molecular weight is 510 g/mol. The number of guanidine groups is 1. The summed E-state index contributed by atoms with van der Waals surface area (Å²) in [6.07, 6.45) is 6.03. The first-order chi connectivity index (χ1) is 13.6. The minimum atomic E-state index is -0.105. The lowest BCUT2D eigenvalue weighted by Crippen LogP contribution is -2.40. The van der Waals surface area contributed by atoms with Crippen molar-refractivity contribution < 1.29 is 4.79 Å². The molecule has 3 rings (SSSR count). The monoisotopic (exact) mass is 510 g/mol. The lowest BCUT2D eigenvalue weighted by atomic mass is 10.0. The van der Waals surface area contributed by atoms with E-state index < -0.39 is 0 Å². The van der Waals surface area contributed by atoms with Crippen LogP contribution < -0.4 is 10.6 Å². The molecule has 8 heteroatoms. The highest BCUT2D eigenvalue weighted by Crippen LogP contribution is 2.26. The zero-order chi connectivity index (χ0) is 19.9. The van der Waals surface area contributed by atoms with Gasteiger partial charge in [0, 0.05) is 44.5 Å². The molecule has 1 aromatic carbocycles. The lowest BCUT2D eigenvalue weighted by Gasteiger charge is -2.21. The number of hydrogen-bond donors (Lipinski definition) is 2. The number of nitrogens with zero attached hydrogens (tertiary/aromatic N) is 4. The number of carbonyl (C=O) groups excluding carboxylic acids is 1. The van der Waals surface area contributed by atoms with Gasteiger partial charge < -0.3 is 15.5 Å². The van der Waals surface area contributed by atoms with Gasteiger partial charge in [-0.25, -0.2) is 4.99 Å². The fraction of sp³-hybridized carbons (Fsp3) is 0.476. The maximum absolute atomic E-state index is 12.3. The SMILES string of the molecule is CCNC(=NCC(=O)Nc1cccc(CC)c1)N1CCC(c2cnn(C)c2)C1.I. The van der Waals surface area contributed by atoms with Crippen LogP contribution in [0, 0.1) is 0 Å². The fourth-order valence-electron chi connectivity index (χ4n) is 3.52. The van der Waals surface area contributed by atoms with E-state index in [0.717, 1.165) is 44.1 Å². The average Bonchev–Trinajstić information content (AvgIpc) is 3.34. The normalized spacial score (nSPS) is 16.4. The standard InChI is InChI=1S/C21H30N6O.HI/c1-4-16-7-6-8-19(11-16)25-20(28)13-23-21(22-5-2)27-10-9-17(15-27)18-12-24-26(3)14-18;/h6-8,11-12,14,17H,4-5,9-10,13,15H2,1-3H3,(H,22,23)(H,25,28);1H. The molecule has 1 amide bonds. The van der Waals surface area contributed by atoms with Gasteiger partial charge in [0.2, 0.25) is 5.91 Å². The topological polar surface area (TPSA) is 74.6 Å². The molecule has 0 spiro atoms. The summed E-state index contributed by atoms with van der Waals surface area (Å²) in [4.78, 5) is 19.1. The number of nitrogens with one attached hydrogen (secondary N) is 2. The molecule has 0 saturated carbocycles. The van der Waals surface area contributed by atoms with Crippen molar-refractivity contribution in [2.75, 3.05) is 31.5 Å². The third kappa shape index (κ3) is 6.45. The quantitative estimate of drug-likeness (QED) is 0.356. The number of hydrogen-bond acceptors (Lipinski definition) is 3. The summed E-state index contributed by atoms with van der Waals surface area (Å²) >= 11 is 0. The third-order valence-corrected chi connectivity index (χ3v) is 5.01. The Morgan fingerprint density at radius 3 is 2.86 bits per heavy atom. The fourth-order valence-corrected chi connectivity index (χ4v) is 3.52. The Balaban J connectivity index is 0.00000300. The van der Waals surface area contributed by atoms with Crippen molar-refractivity contribution in [1.82, 2.24) is 20.0 Å². The van der Waals surface area contributed by atoms with Crippen LogP contribution in [-0.2, 0) is 18.3 Å². The summed E-state index contributed by atoms with van der Waals surface area (Å²) in [6, 6.07) is 7.93. The Kier molecular flexibility index (Phi) is 8.94. The summed E-state index contributed by atoms with van der Waals surface area (Å²) in [6.45, 7) is 6.83. The van der Waals surface area contributed by atoms with Crippen molar-refractivity contribution in [2.45, 2.75) is 32.6 Å². The molecule has 29 heavy (non-hydrogen) atoms. The molecule has 1 fully saturated rings. The summed E-state index contributed by atoms with van der Waals surface area (Å²) < 4.78 is 1.84. The molecule has 1 saturated heterocycles. The zero-order valence-electron chi connectivity index (χ0n) is 17.4. The van der Waals surface area contributed by atoms with Crippen LogP contribution in [0.2, 0.25) is 0 Å². The van der Waals surface area contributed by atoms with Crippen molar-refractivity contribution >= 4 is 41.5 Å². The molecule has 2 aromatic rings. The second kappa shape index (κ2) is 11.2. The van der Waals surface area contributed by atoms with E-state index in [1.165, 1.54) is 11.1 Å². The molecule has 158 valence electrons. The number of carbonyl (C=O) groups is 1. The Morgan fingerprint density at radius 1 is 1.34 bits per heavy atom. The van der Waals surface area contributed by atoms with E-state index in [4.69, 9.17) is 0 Å². The van der Waals surface area contributed by atoms with Crippen molar-refractivity contribution in [1.29, 1.82) is 0 Å². The summed E-state index contributed by atoms with van der Waals surface area (Å²) in [5, 5.41) is 10.5. The molecule has 0 bridgehead atoms. The molecule has 0 radical (unpaired) electrons. The number of aliphatic imine (C=N–C) groups is 1. The van der Waals surface area contributed by atoms with Crippen LogP contribution in [-0.4, -0.2) is 52.7 Å². The van der Waals surface area contributed by atoms with Gasteiger partial charge in [-0.3, -0.25) is 9.48 Å². The number of anilines is 1. The highest BCUT2D eigenvalue weighted by Gasteiger charge is 2.27. The minimum absolute atomic E-state index is 0. The van der Waals surface area contributed by atoms with Gasteiger partial charge in [0.15, 0.2) is 5.96 Å². The van der Waals surface area contributed by atoms with Gasteiger partial charge >= 0.3 is 0 Å². The molecule has 1 aromatic heterocycles. The second-order valence-corrected chi connectivity index (χ2v) is 7.15. The van der Waals surface area contributed by atoms with E-state index in [2.05, 4.69) is 44.8 Å². The van der Waals surface area contributed by atoms with E-state index in [9.17, 15) is 4.79 Å². The largest absolute Gasteiger partial charge is 0.357 e. The predicted molar refractivity (Wildman–Crippen MR) is 128 cm³/mol. The van der Waals surface area contributed by atoms with Crippen molar-refractivity contribution in [3.8, 4) is 0 Å². The summed E-state index contributed by atoms with van der Waals surface area (Å²) in [5.74, 6) is 1.14. The van der Waals surface area contributed by atoms with Crippen LogP contribution in [0.25, 0.3) is 0 Å². The molecule has 0 aliphatic carbocycles. The van der Waals surface area contributed by atoms with Gasteiger partial charge in [-0.1, -0.05) is 19.1 Å². The van der Waals surface area contributed by atoms with E-state index in [1.54, 1.807) is 0 Å². The first-order valence-electron chi connectivity index (χ1n) is 9.99. The molecule has 1 unspecified atom stereocenters. The van der Waals surface area contributed by atoms with Crippen molar-refractivity contribution in [2.24, 2.45) is 12.0 Å². The number of rotatable bonds is 6. The van der Waals surface area contributed by atoms with Gasteiger partial charge in [-0.2, -0.15) is 5.10 Å². The van der Waals surface area contributed by atoms with E-state index in [-0.39, 0.29) is 36.4 Å². The molecule has 1 aliphatic rings. The number of benzene rings is 1. The van der Waals surface area contributed by atoms with E-state index in [1.807, 2.05) is 43.0 Å². The van der Waals surface area contributed by atoms with Gasteiger partial charge in [0.25, 0.3) is 0 Å². The van der Waals surface area contributed by atoms with Crippen LogP contribution in [0.3, 0.4) is 0 Å². The second-order valence-electron chi connectivity index (χ2n) is 7.15. The minimum Gasteiger partial charge on any atom is -0.357 e. The van der Waals surface area contributed by atoms with Crippen molar-refractivity contribution in [3.05, 3.63) is 47.8 Å². The number of halogens is 1. The molecule has 1 aliphatic heterocycles. The highest BCUT2D eigenvalue weighted by atomic mass is 127. The van der Waals surface area contributed by atoms with Crippen LogP contribution >= 0.6 is 24.0 Å². The molecular weight excluding hydrogens is 479 g/mol. The Hall–Kier alpha value is -2.10. The van der Waals surface area contributed by atoms with Crippen LogP contribution in [0.1, 0.15) is 37.3 Å². The Morgan fingerprint density at radius 2 is 2.17 bits per heavy atom. The zero-order valence-corrected chi connectivity index (χ0v) is 19.7. The number of likely N-dealkylation sites (tertiary alicyclic amines) is 1. The maximum atomic E-state index is 12.3. The van der Waals surface area contributed by atoms with E-state index >= 15 is 0 Å². The van der Waals surface area contributed by atoms with Crippen LogP contribution in [0.15, 0.2) is 41.7 Å². The predicted octanol–water partition coefficient (Wildman–Crippen LogP) is 2.99. The number of amides is 1. The third-order valence-electron chi connectivity index (χ3n) is 5.01. The lowest BCUT2D eigenvalue weighted by molar-refractivity contribution is -0.114. The van der Waals surface area contributed by atoms with E-state index in [0.29, 0.717) is 5.92 Å². The highest BCUT2D eigenvalue weighted by molar-refractivity contribution is 14.0. The van der Waals surface area contributed by atoms with Gasteiger partial charge in [-0.15, -0.1) is 24.0 Å². The summed E-state index contributed by atoms with van der Waals surface area (Å²) in [7, 11) is 1.94. The number of aryl methyl sites for hydroxylation is 2. The van der Waals surface area contributed by atoms with Crippen molar-refractivity contribution in [3.63, 3.8) is 0 Å². The summed E-state index contributed by atoms with van der Waals surface area (Å²) in [5.41, 5.74) is 3.28. The van der Waals surface area contributed by atoms with Gasteiger partial charge in [-0.05, 0) is 43.0 Å². The maximum Gasteiger partial charge on any atom is 0.246 e. The first kappa shape index (κ1) is 23.2. The molecular formula is C21H31IN6O. The molecule has 1 atom stereocenters. The smallest absolute Gasteiger partial charge is 0.246 e. The van der Waals surface area contributed by atoms with Gasteiger partial charge in [0.05, 0.1) is 6.20 Å². The molecule has 2 N–H and O–H groups in total. The molecule has 7 nitrogen and oxygen atoms in total. The van der Waals surface area contributed by atoms with Gasteiger partial charge in [0.1, 0.15) is 6.54 Å². The van der Waals surface area contributed by atoms with Crippen LogP contribution in [0.5, 0.6) is 0 Å². The first-order valence-corrected chi connectivity index (χ1v) is 9.99. The number of aromatic nitrogens is 2. The Bertz CT molecular complexity index is 834.